The summed E-state index contributed by atoms with van der Waals surface area (Å²) in [5.41, 5.74) is 2.97. The van der Waals surface area contributed by atoms with Gasteiger partial charge in [0.25, 0.3) is 5.91 Å². The number of hydrogen-bond donors (Lipinski definition) is 1. The van der Waals surface area contributed by atoms with Crippen molar-refractivity contribution in [3.8, 4) is 6.07 Å². The second kappa shape index (κ2) is 7.98. The first kappa shape index (κ1) is 17.3. The molecular formula is C20H21N3O. The second-order valence-electron chi connectivity index (χ2n) is 5.76. The van der Waals surface area contributed by atoms with Gasteiger partial charge in [-0.3, -0.25) is 4.79 Å². The summed E-state index contributed by atoms with van der Waals surface area (Å²) in [6.07, 6.45) is 1.60. The van der Waals surface area contributed by atoms with Crippen LogP contribution in [0.2, 0.25) is 0 Å². The summed E-state index contributed by atoms with van der Waals surface area (Å²) < 4.78 is 0. The Morgan fingerprint density at radius 3 is 2.29 bits per heavy atom. The van der Waals surface area contributed by atoms with E-state index in [9.17, 15) is 10.1 Å². The van der Waals surface area contributed by atoms with Crippen LogP contribution in [0.25, 0.3) is 6.08 Å². The molecule has 2 aromatic carbocycles. The van der Waals surface area contributed by atoms with Gasteiger partial charge in [-0.05, 0) is 36.3 Å². The van der Waals surface area contributed by atoms with Gasteiger partial charge in [0.15, 0.2) is 0 Å². The fourth-order valence-electron chi connectivity index (χ4n) is 2.28. The fourth-order valence-corrected chi connectivity index (χ4v) is 2.28. The van der Waals surface area contributed by atoms with E-state index in [-0.39, 0.29) is 17.5 Å². The SMILES string of the molecule is CC(NC(=O)/C(C#N)=C/c1ccc(N(C)C)cc1)c1ccccc1. The van der Waals surface area contributed by atoms with Gasteiger partial charge in [-0.2, -0.15) is 5.26 Å². The molecular weight excluding hydrogens is 298 g/mol. The van der Waals surface area contributed by atoms with Gasteiger partial charge in [-0.15, -0.1) is 0 Å². The highest BCUT2D eigenvalue weighted by Crippen LogP contribution is 2.16. The quantitative estimate of drug-likeness (QED) is 0.677. The number of carbonyl (C=O) groups is 1. The van der Waals surface area contributed by atoms with E-state index in [1.165, 1.54) is 0 Å². The highest BCUT2D eigenvalue weighted by molar-refractivity contribution is 6.01. The molecule has 0 bridgehead atoms. The molecule has 2 rings (SSSR count). The maximum absolute atomic E-state index is 12.3. The minimum atomic E-state index is -0.370. The Balaban J connectivity index is 2.12. The molecule has 1 N–H and O–H groups in total. The Bertz CT molecular complexity index is 756. The molecule has 0 fully saturated rings. The maximum atomic E-state index is 12.3. The van der Waals surface area contributed by atoms with Gasteiger partial charge in [0, 0.05) is 19.8 Å². The van der Waals surface area contributed by atoms with Crippen molar-refractivity contribution in [1.82, 2.24) is 5.32 Å². The van der Waals surface area contributed by atoms with Crippen LogP contribution in [0, 0.1) is 11.3 Å². The van der Waals surface area contributed by atoms with Gasteiger partial charge in [-0.1, -0.05) is 42.5 Å². The first-order valence-electron chi connectivity index (χ1n) is 7.76. The lowest BCUT2D eigenvalue weighted by molar-refractivity contribution is -0.117. The van der Waals surface area contributed by atoms with Gasteiger partial charge < -0.3 is 10.2 Å². The van der Waals surface area contributed by atoms with Gasteiger partial charge in [0.05, 0.1) is 6.04 Å². The maximum Gasteiger partial charge on any atom is 0.262 e. The van der Waals surface area contributed by atoms with Gasteiger partial charge in [0.2, 0.25) is 0 Å². The van der Waals surface area contributed by atoms with Crippen molar-refractivity contribution in [2.45, 2.75) is 13.0 Å². The normalized spacial score (nSPS) is 12.2. The van der Waals surface area contributed by atoms with Crippen LogP contribution in [0.1, 0.15) is 24.1 Å². The van der Waals surface area contributed by atoms with E-state index in [1.807, 2.05) is 86.6 Å². The van der Waals surface area contributed by atoms with Crippen molar-refractivity contribution in [3.05, 3.63) is 71.3 Å². The summed E-state index contributed by atoms with van der Waals surface area (Å²) in [6.45, 7) is 1.90. The lowest BCUT2D eigenvalue weighted by Gasteiger charge is -2.14. The predicted molar refractivity (Wildman–Crippen MR) is 97.4 cm³/mol. The molecule has 0 heterocycles. The van der Waals surface area contributed by atoms with Crippen LogP contribution in [-0.4, -0.2) is 20.0 Å². The average Bonchev–Trinajstić information content (AvgIpc) is 2.60. The smallest absolute Gasteiger partial charge is 0.262 e. The molecule has 0 aliphatic rings. The Hall–Kier alpha value is -3.06. The number of carbonyl (C=O) groups excluding carboxylic acids is 1. The van der Waals surface area contributed by atoms with Crippen molar-refractivity contribution in [2.24, 2.45) is 0 Å². The van der Waals surface area contributed by atoms with Crippen LogP contribution in [-0.2, 0) is 4.79 Å². The number of rotatable bonds is 5. The van der Waals surface area contributed by atoms with E-state index in [1.54, 1.807) is 6.08 Å². The zero-order valence-corrected chi connectivity index (χ0v) is 14.2. The molecule has 4 heteroatoms. The monoisotopic (exact) mass is 319 g/mol. The number of anilines is 1. The Kier molecular flexibility index (Phi) is 5.75. The number of hydrogen-bond acceptors (Lipinski definition) is 3. The molecule has 0 saturated heterocycles. The lowest BCUT2D eigenvalue weighted by atomic mass is 10.1. The number of nitrogens with zero attached hydrogens (tertiary/aromatic N) is 2. The highest BCUT2D eigenvalue weighted by atomic mass is 16.1. The van der Waals surface area contributed by atoms with E-state index in [4.69, 9.17) is 0 Å². The lowest BCUT2D eigenvalue weighted by Crippen LogP contribution is -2.27. The predicted octanol–water partition coefficient (Wildman–Crippen LogP) is 3.54. The molecule has 122 valence electrons. The van der Waals surface area contributed by atoms with E-state index in [0.29, 0.717) is 0 Å². The second-order valence-corrected chi connectivity index (χ2v) is 5.76. The minimum absolute atomic E-state index is 0.0929. The van der Waals surface area contributed by atoms with Crippen molar-refractivity contribution in [2.75, 3.05) is 19.0 Å². The van der Waals surface area contributed by atoms with Crippen molar-refractivity contribution in [1.29, 1.82) is 5.26 Å². The third-order valence-electron chi connectivity index (χ3n) is 3.73. The molecule has 4 nitrogen and oxygen atoms in total. The standard InChI is InChI=1S/C20H21N3O/c1-15(17-7-5-4-6-8-17)22-20(24)18(14-21)13-16-9-11-19(12-10-16)23(2)3/h4-13,15H,1-3H3,(H,22,24)/b18-13+. The van der Waals surface area contributed by atoms with E-state index >= 15 is 0 Å². The number of nitriles is 1. The highest BCUT2D eigenvalue weighted by Gasteiger charge is 2.13. The molecule has 1 amide bonds. The summed E-state index contributed by atoms with van der Waals surface area (Å²) >= 11 is 0. The molecule has 24 heavy (non-hydrogen) atoms. The Morgan fingerprint density at radius 1 is 1.12 bits per heavy atom. The van der Waals surface area contributed by atoms with Crippen molar-refractivity contribution < 1.29 is 4.79 Å². The Morgan fingerprint density at radius 2 is 1.75 bits per heavy atom. The molecule has 0 aromatic heterocycles. The van der Waals surface area contributed by atoms with E-state index in [0.717, 1.165) is 16.8 Å². The number of amides is 1. The van der Waals surface area contributed by atoms with E-state index < -0.39 is 0 Å². The van der Waals surface area contributed by atoms with Crippen LogP contribution in [0.4, 0.5) is 5.69 Å². The molecule has 0 radical (unpaired) electrons. The summed E-state index contributed by atoms with van der Waals surface area (Å²) in [6, 6.07) is 19.2. The third-order valence-corrected chi connectivity index (χ3v) is 3.73. The van der Waals surface area contributed by atoms with Crippen LogP contribution < -0.4 is 10.2 Å². The van der Waals surface area contributed by atoms with Crippen LogP contribution in [0.5, 0.6) is 0 Å². The van der Waals surface area contributed by atoms with Crippen LogP contribution in [0.3, 0.4) is 0 Å². The van der Waals surface area contributed by atoms with Crippen molar-refractivity contribution in [3.63, 3.8) is 0 Å². The largest absolute Gasteiger partial charge is 0.378 e. The molecule has 1 atom stereocenters. The van der Waals surface area contributed by atoms with Gasteiger partial charge in [0.1, 0.15) is 11.6 Å². The van der Waals surface area contributed by atoms with Gasteiger partial charge >= 0.3 is 0 Å². The zero-order valence-electron chi connectivity index (χ0n) is 14.2. The molecule has 0 aliphatic heterocycles. The molecule has 0 aliphatic carbocycles. The average molecular weight is 319 g/mol. The number of benzene rings is 2. The summed E-state index contributed by atoms with van der Waals surface area (Å²) in [4.78, 5) is 14.3. The fraction of sp³-hybridized carbons (Fsp3) is 0.200. The first-order valence-corrected chi connectivity index (χ1v) is 7.76. The topological polar surface area (TPSA) is 56.1 Å². The molecule has 2 aromatic rings. The van der Waals surface area contributed by atoms with E-state index in [2.05, 4.69) is 5.32 Å². The molecule has 0 saturated carbocycles. The number of nitrogens with one attached hydrogen (secondary N) is 1. The summed E-state index contributed by atoms with van der Waals surface area (Å²) in [5, 5.41) is 12.2. The van der Waals surface area contributed by atoms with Crippen LogP contribution in [0.15, 0.2) is 60.2 Å². The summed E-state index contributed by atoms with van der Waals surface area (Å²) in [7, 11) is 3.92. The van der Waals surface area contributed by atoms with Crippen LogP contribution >= 0.6 is 0 Å². The third kappa shape index (κ3) is 4.47. The minimum Gasteiger partial charge on any atom is -0.378 e. The van der Waals surface area contributed by atoms with Gasteiger partial charge in [-0.25, -0.2) is 0 Å². The van der Waals surface area contributed by atoms with Crippen molar-refractivity contribution >= 4 is 17.7 Å². The summed E-state index contributed by atoms with van der Waals surface area (Å²) in [5.74, 6) is -0.370. The molecule has 1 unspecified atom stereocenters. The first-order chi connectivity index (χ1) is 11.5. The zero-order chi connectivity index (χ0) is 17.5. The Labute approximate surface area is 143 Å². The molecule has 0 spiro atoms.